The highest BCUT2D eigenvalue weighted by Gasteiger charge is 2.66. The van der Waals surface area contributed by atoms with Crippen LogP contribution in [0, 0.1) is 5.92 Å². The zero-order valence-electron chi connectivity index (χ0n) is 28.1. The van der Waals surface area contributed by atoms with E-state index in [1.54, 1.807) is 26.8 Å². The Balaban J connectivity index is 1.19. The summed E-state index contributed by atoms with van der Waals surface area (Å²) in [6, 6.07) is 20.6. The minimum atomic E-state index is -3.02. The van der Waals surface area contributed by atoms with E-state index in [4.69, 9.17) is 16.3 Å². The summed E-state index contributed by atoms with van der Waals surface area (Å²) < 4.78 is 6.90. The van der Waals surface area contributed by atoms with Gasteiger partial charge < -0.3 is 34.7 Å². The summed E-state index contributed by atoms with van der Waals surface area (Å²) in [6.45, 7) is 7.72. The highest BCUT2D eigenvalue weighted by Crippen LogP contribution is 2.60. The third-order valence-electron chi connectivity index (χ3n) is 10.9. The molecular weight excluding hydrogens is 660 g/mol. The second-order valence-electron chi connectivity index (χ2n) is 14.3. The summed E-state index contributed by atoms with van der Waals surface area (Å²) in [7, 11) is -3.02. The van der Waals surface area contributed by atoms with Crippen molar-refractivity contribution in [3.8, 4) is 0 Å². The number of amides is 3. The van der Waals surface area contributed by atoms with Crippen LogP contribution in [-0.4, -0.2) is 79.2 Å². The number of nitrogens with one attached hydrogen (secondary N) is 1. The fourth-order valence-electron chi connectivity index (χ4n) is 8.58. The lowest BCUT2D eigenvalue weighted by Gasteiger charge is -2.37. The molecule has 10 nitrogen and oxygen atoms in total. The van der Waals surface area contributed by atoms with Gasteiger partial charge in [0, 0.05) is 47.4 Å². The average Bonchev–Trinajstić information content (AvgIpc) is 3.50. The smallest absolute Gasteiger partial charge is 0.264 e. The molecule has 7 rings (SSSR count). The Labute approximate surface area is 292 Å². The number of hydrogen-bond donors (Lipinski definition) is 3. The van der Waals surface area contributed by atoms with Gasteiger partial charge in [0.2, 0.25) is 11.8 Å². The minimum absolute atomic E-state index is 0.0174. The number of nitrogens with zero attached hydrogens (tertiary/aromatic N) is 3. The Morgan fingerprint density at radius 2 is 1.82 bits per heavy atom. The van der Waals surface area contributed by atoms with Gasteiger partial charge in [-0.1, -0.05) is 54.9 Å². The molecule has 0 radical (unpaired) electrons. The molecule has 4 aliphatic heterocycles. The van der Waals surface area contributed by atoms with Gasteiger partial charge in [0.15, 0.2) is 13.9 Å². The van der Waals surface area contributed by atoms with Gasteiger partial charge in [0.25, 0.3) is 5.91 Å². The highest BCUT2D eigenvalue weighted by molar-refractivity contribution is 6.71. The summed E-state index contributed by atoms with van der Waals surface area (Å²) in [5, 5.41) is 13.8. The van der Waals surface area contributed by atoms with Crippen LogP contribution in [-0.2, 0) is 44.2 Å². The fraction of sp³-hybridized carbons (Fsp3) is 0.432. The molecule has 3 aromatic rings. The number of benzene rings is 3. The van der Waals surface area contributed by atoms with Gasteiger partial charge in [-0.15, -0.1) is 0 Å². The van der Waals surface area contributed by atoms with E-state index in [1.807, 2.05) is 74.6 Å². The molecule has 0 saturated carbocycles. The predicted molar refractivity (Wildman–Crippen MR) is 190 cm³/mol. The number of anilines is 2. The average molecular weight is 703 g/mol. The number of aliphatic hydroxyl groups is 1. The van der Waals surface area contributed by atoms with Gasteiger partial charge in [-0.2, -0.15) is 0 Å². The van der Waals surface area contributed by atoms with E-state index in [0.29, 0.717) is 42.3 Å². The number of carbonyl (C=O) groups is 3. The molecule has 2 saturated heterocycles. The molecule has 0 aromatic heterocycles. The predicted octanol–water partition coefficient (Wildman–Crippen LogP) is 3.96. The third-order valence-corrected chi connectivity index (χ3v) is 13.6. The molecule has 4 heterocycles. The van der Waals surface area contributed by atoms with Crippen molar-refractivity contribution in [1.29, 1.82) is 0 Å². The molecule has 12 heteroatoms. The molecule has 49 heavy (non-hydrogen) atoms. The maximum absolute atomic E-state index is 14.8. The Kier molecular flexibility index (Phi) is 8.96. The summed E-state index contributed by atoms with van der Waals surface area (Å²) in [6.07, 6.45) is -0.195. The molecule has 0 unspecified atom stereocenters. The molecule has 3 aromatic carbocycles. The van der Waals surface area contributed by atoms with E-state index in [2.05, 4.69) is 5.32 Å². The van der Waals surface area contributed by atoms with Crippen LogP contribution >= 0.6 is 11.6 Å². The number of piperazine rings is 1. The molecule has 0 bridgehead atoms. The largest absolute Gasteiger partial charge is 0.432 e. The first-order valence-corrected chi connectivity index (χ1v) is 20.4. The van der Waals surface area contributed by atoms with E-state index in [1.165, 1.54) is 0 Å². The number of rotatable bonds is 7. The Morgan fingerprint density at radius 1 is 1.08 bits per heavy atom. The molecular formula is C37H43ClN4O6Si. The van der Waals surface area contributed by atoms with Crippen molar-refractivity contribution in [2.75, 3.05) is 36.0 Å². The maximum atomic E-state index is 14.8. The highest BCUT2D eigenvalue weighted by atomic mass is 35.5. The van der Waals surface area contributed by atoms with Crippen LogP contribution in [0.2, 0.25) is 23.7 Å². The lowest BCUT2D eigenvalue weighted by Crippen LogP contribution is -2.48. The van der Waals surface area contributed by atoms with E-state index in [0.717, 1.165) is 28.9 Å². The SMILES string of the molecule is C[C@@H]1[C@@H]([Si](C)(C)O)[C@H](CC(=O)N2Cc3ccccc3C[C@H]2CO)O[C@@]12C(=O)N(Cc1ccc(N3CCNCC3=O)cc1)c1ccc(Cl)cc12. The topological polar surface area (TPSA) is 123 Å². The molecule has 5 atom stereocenters. The van der Waals surface area contributed by atoms with Crippen LogP contribution in [0.5, 0.6) is 0 Å². The van der Waals surface area contributed by atoms with E-state index < -0.39 is 31.5 Å². The summed E-state index contributed by atoms with van der Waals surface area (Å²) in [5.74, 6) is -0.869. The lowest BCUT2D eigenvalue weighted by atomic mass is 9.82. The Morgan fingerprint density at radius 3 is 2.51 bits per heavy atom. The quantitative estimate of drug-likeness (QED) is 0.319. The fourth-order valence-corrected chi connectivity index (χ4v) is 11.3. The van der Waals surface area contributed by atoms with Crippen LogP contribution in [0.1, 0.15) is 35.6 Å². The van der Waals surface area contributed by atoms with Crippen LogP contribution in [0.25, 0.3) is 0 Å². The van der Waals surface area contributed by atoms with Crippen LogP contribution in [0.4, 0.5) is 11.4 Å². The number of hydrogen-bond acceptors (Lipinski definition) is 7. The second kappa shape index (κ2) is 12.9. The summed E-state index contributed by atoms with van der Waals surface area (Å²) in [5.41, 5.74) is 3.29. The Bertz CT molecular complexity index is 1780. The van der Waals surface area contributed by atoms with Crippen molar-refractivity contribution in [3.63, 3.8) is 0 Å². The van der Waals surface area contributed by atoms with E-state index in [9.17, 15) is 24.3 Å². The zero-order chi connectivity index (χ0) is 34.7. The van der Waals surface area contributed by atoms with Gasteiger partial charge in [-0.05, 0) is 66.5 Å². The van der Waals surface area contributed by atoms with Crippen LogP contribution in [0.15, 0.2) is 66.7 Å². The molecule has 2 fully saturated rings. The van der Waals surface area contributed by atoms with Crippen LogP contribution < -0.4 is 15.1 Å². The van der Waals surface area contributed by atoms with Gasteiger partial charge in [0.05, 0.1) is 44.0 Å². The number of halogens is 1. The van der Waals surface area contributed by atoms with Gasteiger partial charge in [-0.25, -0.2) is 0 Å². The second-order valence-corrected chi connectivity index (χ2v) is 18.7. The normalized spacial score (nSPS) is 26.8. The number of ether oxygens (including phenoxy) is 1. The third kappa shape index (κ3) is 5.90. The zero-order valence-corrected chi connectivity index (χ0v) is 29.8. The van der Waals surface area contributed by atoms with Crippen molar-refractivity contribution in [3.05, 3.63) is 94.0 Å². The van der Waals surface area contributed by atoms with Crippen molar-refractivity contribution in [2.45, 2.75) is 69.2 Å². The first-order valence-electron chi connectivity index (χ1n) is 17.0. The monoisotopic (exact) mass is 702 g/mol. The van der Waals surface area contributed by atoms with Crippen molar-refractivity contribution >= 4 is 49.0 Å². The van der Waals surface area contributed by atoms with Crippen molar-refractivity contribution in [1.82, 2.24) is 10.2 Å². The minimum Gasteiger partial charge on any atom is -0.432 e. The van der Waals surface area contributed by atoms with Crippen LogP contribution in [0.3, 0.4) is 0 Å². The van der Waals surface area contributed by atoms with Crippen molar-refractivity contribution < 1.29 is 29.0 Å². The Hall–Kier alpha value is -3.58. The summed E-state index contributed by atoms with van der Waals surface area (Å²) in [4.78, 5) is 58.2. The first kappa shape index (κ1) is 33.9. The summed E-state index contributed by atoms with van der Waals surface area (Å²) >= 11 is 6.57. The van der Waals surface area contributed by atoms with Crippen molar-refractivity contribution in [2.24, 2.45) is 5.92 Å². The van der Waals surface area contributed by atoms with E-state index >= 15 is 0 Å². The maximum Gasteiger partial charge on any atom is 0.264 e. The molecule has 4 aliphatic rings. The van der Waals surface area contributed by atoms with E-state index in [-0.39, 0.29) is 43.3 Å². The van der Waals surface area contributed by atoms with Gasteiger partial charge in [-0.3, -0.25) is 14.4 Å². The molecule has 3 N–H and O–H groups in total. The molecule has 3 amide bonds. The molecule has 1 spiro atoms. The molecule has 258 valence electrons. The first-order chi connectivity index (χ1) is 23.4. The van der Waals surface area contributed by atoms with Gasteiger partial charge in [0.1, 0.15) is 0 Å². The lowest BCUT2D eigenvalue weighted by molar-refractivity contribution is -0.151. The van der Waals surface area contributed by atoms with Gasteiger partial charge >= 0.3 is 0 Å². The number of carbonyl (C=O) groups excluding carboxylic acids is 3. The molecule has 0 aliphatic carbocycles. The number of aliphatic hydroxyl groups excluding tert-OH is 1. The number of fused-ring (bicyclic) bond motifs is 3. The standard InChI is InChI=1S/C37H43ClN4O6Si/c1-23-35(49(2,3)47)32(18-33(44)41-21-26-7-5-4-6-25(26)16-29(41)22-43)48-37(23)30-17-27(38)10-13-31(30)42(36(37)46)20-24-8-11-28(12-9-24)40-15-14-39-19-34(40)45/h4-13,17,23,29,32,35,39,43,47H,14-16,18-22H2,1-3H3/t23-,29+,32+,35-,37+/m1/s1.